The third-order valence-corrected chi connectivity index (χ3v) is 4.81. The van der Waals surface area contributed by atoms with Crippen LogP contribution in [0.25, 0.3) is 0 Å². The van der Waals surface area contributed by atoms with E-state index in [0.29, 0.717) is 29.1 Å². The number of halogens is 2. The first-order chi connectivity index (χ1) is 13.3. The van der Waals surface area contributed by atoms with Gasteiger partial charge in [0.2, 0.25) is 11.8 Å². The van der Waals surface area contributed by atoms with Crippen LogP contribution in [0.4, 0.5) is 0 Å². The monoisotopic (exact) mass is 420 g/mol. The number of nitrogens with zero attached hydrogens (tertiary/aromatic N) is 1. The molecule has 2 aromatic rings. The minimum absolute atomic E-state index is 0.144. The van der Waals surface area contributed by atoms with E-state index in [0.717, 1.165) is 11.1 Å². The van der Waals surface area contributed by atoms with Crippen LogP contribution in [-0.2, 0) is 22.6 Å². The average molecular weight is 421 g/mol. The lowest BCUT2D eigenvalue weighted by molar-refractivity contribution is -0.140. The van der Waals surface area contributed by atoms with Gasteiger partial charge in [0.25, 0.3) is 0 Å². The third kappa shape index (κ3) is 6.84. The Morgan fingerprint density at radius 1 is 0.964 bits per heavy atom. The van der Waals surface area contributed by atoms with Crippen LogP contribution in [0.1, 0.15) is 31.9 Å². The number of amides is 2. The highest BCUT2D eigenvalue weighted by Gasteiger charge is 2.26. The Balaban J connectivity index is 2.21. The van der Waals surface area contributed by atoms with E-state index in [2.05, 4.69) is 5.32 Å². The maximum Gasteiger partial charge on any atom is 0.242 e. The van der Waals surface area contributed by atoms with Gasteiger partial charge in [0.05, 0.1) is 6.42 Å². The Hall–Kier alpha value is -2.04. The normalized spacial score (nSPS) is 11.9. The van der Waals surface area contributed by atoms with Crippen LogP contribution < -0.4 is 5.32 Å². The van der Waals surface area contributed by atoms with Crippen molar-refractivity contribution in [2.75, 3.05) is 6.54 Å². The summed E-state index contributed by atoms with van der Waals surface area (Å²) in [6.45, 7) is 6.67. The molecule has 0 fully saturated rings. The zero-order valence-electron chi connectivity index (χ0n) is 16.4. The van der Waals surface area contributed by atoms with Gasteiger partial charge in [-0.05, 0) is 48.2 Å². The Bertz CT molecular complexity index is 824. The SMILES string of the molecule is CC(C)CNC(=O)[C@H](C)N(Cc1cccc(Cl)c1)C(=O)Cc1cccc(Cl)c1. The fourth-order valence-corrected chi connectivity index (χ4v) is 3.22. The predicted octanol–water partition coefficient (Wildman–Crippen LogP) is 4.73. The quantitative estimate of drug-likeness (QED) is 0.670. The molecule has 2 aromatic carbocycles. The fourth-order valence-electron chi connectivity index (χ4n) is 2.79. The first kappa shape index (κ1) is 22.3. The zero-order chi connectivity index (χ0) is 20.7. The second-order valence-electron chi connectivity index (χ2n) is 7.27. The summed E-state index contributed by atoms with van der Waals surface area (Å²) in [5.41, 5.74) is 1.68. The molecule has 0 radical (unpaired) electrons. The van der Waals surface area contributed by atoms with Crippen molar-refractivity contribution in [3.63, 3.8) is 0 Å². The maximum absolute atomic E-state index is 13.1. The molecule has 0 aliphatic rings. The lowest BCUT2D eigenvalue weighted by Gasteiger charge is -2.29. The second kappa shape index (κ2) is 10.5. The van der Waals surface area contributed by atoms with Gasteiger partial charge in [0, 0.05) is 23.1 Å². The summed E-state index contributed by atoms with van der Waals surface area (Å²) in [6, 6.07) is 13.9. The van der Waals surface area contributed by atoms with E-state index in [1.54, 1.807) is 36.1 Å². The predicted molar refractivity (Wildman–Crippen MR) is 114 cm³/mol. The number of hydrogen-bond donors (Lipinski definition) is 1. The van der Waals surface area contributed by atoms with Crippen molar-refractivity contribution >= 4 is 35.0 Å². The molecule has 1 atom stereocenters. The van der Waals surface area contributed by atoms with Crippen molar-refractivity contribution in [3.8, 4) is 0 Å². The van der Waals surface area contributed by atoms with Gasteiger partial charge in [0.1, 0.15) is 6.04 Å². The van der Waals surface area contributed by atoms with Gasteiger partial charge < -0.3 is 10.2 Å². The highest BCUT2D eigenvalue weighted by molar-refractivity contribution is 6.30. The van der Waals surface area contributed by atoms with E-state index < -0.39 is 6.04 Å². The van der Waals surface area contributed by atoms with Crippen LogP contribution >= 0.6 is 23.2 Å². The molecule has 0 spiro atoms. The third-order valence-electron chi connectivity index (χ3n) is 4.34. The van der Waals surface area contributed by atoms with E-state index >= 15 is 0 Å². The highest BCUT2D eigenvalue weighted by atomic mass is 35.5. The number of benzene rings is 2. The smallest absolute Gasteiger partial charge is 0.242 e. The number of carbonyl (C=O) groups is 2. The molecule has 0 saturated heterocycles. The zero-order valence-corrected chi connectivity index (χ0v) is 17.9. The number of hydrogen-bond acceptors (Lipinski definition) is 2. The van der Waals surface area contributed by atoms with Crippen molar-refractivity contribution in [2.45, 2.75) is 39.8 Å². The molecule has 0 aliphatic carbocycles. The Morgan fingerprint density at radius 3 is 2.11 bits per heavy atom. The first-order valence-electron chi connectivity index (χ1n) is 9.32. The standard InChI is InChI=1S/C22H26Cl2N2O2/c1-15(2)13-25-22(28)16(3)26(14-18-7-5-9-20(24)11-18)21(27)12-17-6-4-8-19(23)10-17/h4-11,15-16H,12-14H2,1-3H3,(H,25,28)/t16-/m0/s1. The molecule has 1 N–H and O–H groups in total. The second-order valence-corrected chi connectivity index (χ2v) is 8.15. The maximum atomic E-state index is 13.1. The van der Waals surface area contributed by atoms with Gasteiger partial charge in [0.15, 0.2) is 0 Å². The first-order valence-corrected chi connectivity index (χ1v) is 10.1. The van der Waals surface area contributed by atoms with Crippen LogP contribution in [-0.4, -0.2) is 29.3 Å². The van der Waals surface area contributed by atoms with Gasteiger partial charge in [-0.1, -0.05) is 61.3 Å². The van der Waals surface area contributed by atoms with E-state index in [-0.39, 0.29) is 18.2 Å². The molecule has 6 heteroatoms. The minimum Gasteiger partial charge on any atom is -0.354 e. The average Bonchev–Trinajstić information content (AvgIpc) is 2.63. The summed E-state index contributed by atoms with van der Waals surface area (Å²) in [5, 5.41) is 4.08. The molecule has 0 heterocycles. The van der Waals surface area contributed by atoms with Crippen LogP contribution in [0.15, 0.2) is 48.5 Å². The fraction of sp³-hybridized carbons (Fsp3) is 0.364. The number of rotatable bonds is 8. The molecule has 0 aromatic heterocycles. The molecule has 0 bridgehead atoms. The number of carbonyl (C=O) groups excluding carboxylic acids is 2. The lowest BCUT2D eigenvalue weighted by Crippen LogP contribution is -2.48. The van der Waals surface area contributed by atoms with Crippen molar-refractivity contribution in [3.05, 3.63) is 69.7 Å². The summed E-state index contributed by atoms with van der Waals surface area (Å²) >= 11 is 12.1. The van der Waals surface area contributed by atoms with Gasteiger partial charge in [-0.25, -0.2) is 0 Å². The van der Waals surface area contributed by atoms with Gasteiger partial charge in [-0.15, -0.1) is 0 Å². The molecule has 0 aliphatic heterocycles. The number of nitrogens with one attached hydrogen (secondary N) is 1. The van der Waals surface area contributed by atoms with Crippen LogP contribution in [0.5, 0.6) is 0 Å². The van der Waals surface area contributed by atoms with E-state index in [1.165, 1.54) is 0 Å². The molecule has 150 valence electrons. The summed E-state index contributed by atoms with van der Waals surface area (Å²) in [7, 11) is 0. The van der Waals surface area contributed by atoms with Gasteiger partial charge in [-0.3, -0.25) is 9.59 Å². The van der Waals surface area contributed by atoms with Crippen molar-refractivity contribution in [1.82, 2.24) is 10.2 Å². The summed E-state index contributed by atoms with van der Waals surface area (Å²) < 4.78 is 0. The Morgan fingerprint density at radius 2 is 1.54 bits per heavy atom. The van der Waals surface area contributed by atoms with Crippen LogP contribution in [0.3, 0.4) is 0 Å². The summed E-state index contributed by atoms with van der Waals surface area (Å²) in [6.07, 6.45) is 0.170. The molecule has 0 unspecified atom stereocenters. The Labute approximate surface area is 176 Å². The molecule has 28 heavy (non-hydrogen) atoms. The van der Waals surface area contributed by atoms with Crippen molar-refractivity contribution in [2.24, 2.45) is 5.92 Å². The topological polar surface area (TPSA) is 49.4 Å². The molecule has 2 rings (SSSR count). The molecular formula is C22H26Cl2N2O2. The van der Waals surface area contributed by atoms with Crippen molar-refractivity contribution in [1.29, 1.82) is 0 Å². The molecular weight excluding hydrogens is 395 g/mol. The molecule has 4 nitrogen and oxygen atoms in total. The van der Waals surface area contributed by atoms with Gasteiger partial charge in [-0.2, -0.15) is 0 Å². The van der Waals surface area contributed by atoms with E-state index in [4.69, 9.17) is 23.2 Å². The van der Waals surface area contributed by atoms with Crippen molar-refractivity contribution < 1.29 is 9.59 Å². The van der Waals surface area contributed by atoms with Crippen LogP contribution in [0, 0.1) is 5.92 Å². The molecule has 2 amide bonds. The lowest BCUT2D eigenvalue weighted by atomic mass is 10.1. The minimum atomic E-state index is -0.607. The van der Waals surface area contributed by atoms with Gasteiger partial charge >= 0.3 is 0 Å². The van der Waals surface area contributed by atoms with Crippen LogP contribution in [0.2, 0.25) is 10.0 Å². The highest BCUT2D eigenvalue weighted by Crippen LogP contribution is 2.17. The summed E-state index contributed by atoms with van der Waals surface area (Å²) in [5.74, 6) is 0.0179. The largest absolute Gasteiger partial charge is 0.354 e. The summed E-state index contributed by atoms with van der Waals surface area (Å²) in [4.78, 5) is 27.3. The van der Waals surface area contributed by atoms with E-state index in [1.807, 2.05) is 38.1 Å². The Kier molecular flexibility index (Phi) is 8.34. The molecule has 0 saturated carbocycles. The van der Waals surface area contributed by atoms with E-state index in [9.17, 15) is 9.59 Å².